The van der Waals surface area contributed by atoms with Gasteiger partial charge in [0.25, 0.3) is 0 Å². The second-order valence-electron chi connectivity index (χ2n) is 7.90. The normalized spacial score (nSPS) is 32.1. The molecule has 167 valence electrons. The maximum Gasteiger partial charge on any atom is 0.673 e. The summed E-state index contributed by atoms with van der Waals surface area (Å²) in [5.41, 5.74) is 4.37. The van der Waals surface area contributed by atoms with Crippen LogP contribution in [-0.4, -0.2) is 29.9 Å². The SMILES string of the molecule is C1=CCC/C=C\CC1.C[C@H]1CC[C@H](C)P1P1[C@@H](C)CC[C@@H]1C.F[B-](F)(F)F.[Rh]. The molecule has 3 aliphatic rings. The molecule has 28 heavy (non-hydrogen) atoms. The molecule has 0 spiro atoms. The maximum atomic E-state index is 9.75. The van der Waals surface area contributed by atoms with Crippen molar-refractivity contribution in [3.8, 4) is 0 Å². The molecule has 2 fully saturated rings. The van der Waals surface area contributed by atoms with Crippen LogP contribution >= 0.6 is 15.2 Å². The van der Waals surface area contributed by atoms with Crippen molar-refractivity contribution >= 4 is 22.5 Å². The summed E-state index contributed by atoms with van der Waals surface area (Å²) in [5, 5.41) is 0. The Hall–Kier alpha value is 0.748. The Morgan fingerprint density at radius 3 is 0.929 bits per heavy atom. The van der Waals surface area contributed by atoms with E-state index in [0.29, 0.717) is 15.2 Å². The summed E-state index contributed by atoms with van der Waals surface area (Å²) in [4.78, 5) is 0. The van der Waals surface area contributed by atoms with Gasteiger partial charge in [0.05, 0.1) is 0 Å². The van der Waals surface area contributed by atoms with Gasteiger partial charge in [-0.25, -0.2) is 0 Å². The number of allylic oxidation sites excluding steroid dienone is 4. The van der Waals surface area contributed by atoms with Crippen LogP contribution in [0.15, 0.2) is 24.3 Å². The average molecular weight is 528 g/mol. The molecule has 0 aromatic rings. The summed E-state index contributed by atoms with van der Waals surface area (Å²) < 4.78 is 39.0. The summed E-state index contributed by atoms with van der Waals surface area (Å²) in [6, 6.07) is 0. The summed E-state index contributed by atoms with van der Waals surface area (Å²) in [6.07, 6.45) is 20.1. The van der Waals surface area contributed by atoms with Crippen molar-refractivity contribution in [1.82, 2.24) is 0 Å². The fraction of sp³-hybridized carbons (Fsp3) is 0.800. The van der Waals surface area contributed by atoms with Gasteiger partial charge in [-0.1, -0.05) is 67.2 Å². The summed E-state index contributed by atoms with van der Waals surface area (Å²) in [6.45, 7) is 10.1. The maximum absolute atomic E-state index is 9.75. The van der Waals surface area contributed by atoms with Gasteiger partial charge in [-0.2, -0.15) is 0 Å². The fourth-order valence-corrected chi connectivity index (χ4v) is 16.2. The van der Waals surface area contributed by atoms with Gasteiger partial charge < -0.3 is 17.3 Å². The fourth-order valence-electron chi connectivity index (χ4n) is 4.13. The molecule has 0 saturated carbocycles. The van der Waals surface area contributed by atoms with Crippen LogP contribution in [-0.2, 0) is 19.5 Å². The first kappa shape index (κ1) is 28.7. The monoisotopic (exact) mass is 528 g/mol. The first-order valence-corrected chi connectivity index (χ1v) is 14.0. The van der Waals surface area contributed by atoms with E-state index in [1.165, 1.54) is 51.4 Å². The molecule has 2 heterocycles. The van der Waals surface area contributed by atoms with E-state index in [4.69, 9.17) is 0 Å². The first-order valence-electron chi connectivity index (χ1n) is 10.3. The number of hydrogen-bond donors (Lipinski definition) is 0. The Labute approximate surface area is 185 Å². The van der Waals surface area contributed by atoms with Gasteiger partial charge in [-0.05, 0) is 74.0 Å². The zero-order chi connectivity index (χ0) is 20.4. The zero-order valence-electron chi connectivity index (χ0n) is 17.6. The second kappa shape index (κ2) is 14.7. The van der Waals surface area contributed by atoms with Crippen molar-refractivity contribution in [3.05, 3.63) is 24.3 Å². The molecule has 1 aliphatic carbocycles. The van der Waals surface area contributed by atoms with Crippen LogP contribution in [0.5, 0.6) is 0 Å². The van der Waals surface area contributed by atoms with Gasteiger partial charge in [0, 0.05) is 19.5 Å². The van der Waals surface area contributed by atoms with Crippen LogP contribution in [0.25, 0.3) is 0 Å². The van der Waals surface area contributed by atoms with Crippen LogP contribution in [0.2, 0.25) is 0 Å². The molecule has 0 nitrogen and oxygen atoms in total. The van der Waals surface area contributed by atoms with Crippen LogP contribution in [0.3, 0.4) is 0 Å². The molecular formula is C20H36BF4P2Rh-. The second-order valence-corrected chi connectivity index (χ2v) is 15.7. The molecule has 2 saturated heterocycles. The van der Waals surface area contributed by atoms with Gasteiger partial charge >= 0.3 is 7.25 Å². The molecule has 0 unspecified atom stereocenters. The van der Waals surface area contributed by atoms with Crippen LogP contribution < -0.4 is 0 Å². The molecule has 8 heteroatoms. The molecular weight excluding hydrogens is 492 g/mol. The molecule has 0 aromatic carbocycles. The van der Waals surface area contributed by atoms with E-state index in [2.05, 4.69) is 52.0 Å². The largest absolute Gasteiger partial charge is 0.673 e. The van der Waals surface area contributed by atoms with Gasteiger partial charge in [0.2, 0.25) is 0 Å². The molecule has 0 amide bonds. The molecule has 4 atom stereocenters. The summed E-state index contributed by atoms with van der Waals surface area (Å²) in [7, 11) is -5.17. The topological polar surface area (TPSA) is 0 Å². The van der Waals surface area contributed by atoms with Crippen molar-refractivity contribution in [1.29, 1.82) is 0 Å². The Bertz CT molecular complexity index is 400. The van der Waals surface area contributed by atoms with Gasteiger partial charge in [0.15, 0.2) is 0 Å². The number of halogens is 4. The molecule has 3 rings (SSSR count). The third-order valence-corrected chi connectivity index (χ3v) is 16.9. The van der Waals surface area contributed by atoms with E-state index in [1.807, 2.05) is 0 Å². The minimum Gasteiger partial charge on any atom is -0.418 e. The van der Waals surface area contributed by atoms with Crippen molar-refractivity contribution in [3.63, 3.8) is 0 Å². The van der Waals surface area contributed by atoms with Gasteiger partial charge in [-0.15, -0.1) is 0 Å². The van der Waals surface area contributed by atoms with Crippen molar-refractivity contribution < 1.29 is 36.7 Å². The standard InChI is InChI=1S/C12H24P2.C8H12.BF4.Rh/c1-9-5-6-10(2)13(9)14-11(3)7-8-12(14)4;1-2-4-6-8-7-5-3-1;2-1(3,4)5;/h9-12H,5-8H2,1-4H3;1-2,7-8H,3-6H2;;/q;;-1;/b;2-1-,8-7?;;/t9-,10-,11-,12-;;;/m0.../s1. The van der Waals surface area contributed by atoms with Crippen LogP contribution in [0, 0.1) is 0 Å². The smallest absolute Gasteiger partial charge is 0.418 e. The predicted molar refractivity (Wildman–Crippen MR) is 117 cm³/mol. The first-order chi connectivity index (χ1) is 12.6. The molecule has 2 aliphatic heterocycles. The number of rotatable bonds is 1. The minimum absolute atomic E-state index is 0. The average Bonchev–Trinajstić information content (AvgIpc) is 3.00. The third kappa shape index (κ3) is 11.8. The van der Waals surface area contributed by atoms with E-state index < -0.39 is 7.25 Å². The van der Waals surface area contributed by atoms with Crippen LogP contribution in [0.4, 0.5) is 17.3 Å². The van der Waals surface area contributed by atoms with E-state index in [-0.39, 0.29) is 19.5 Å². The van der Waals surface area contributed by atoms with E-state index >= 15 is 0 Å². The Morgan fingerprint density at radius 1 is 0.571 bits per heavy atom. The third-order valence-electron chi connectivity index (χ3n) is 5.41. The van der Waals surface area contributed by atoms with Crippen molar-refractivity contribution in [2.75, 3.05) is 0 Å². The quantitative estimate of drug-likeness (QED) is 0.138. The van der Waals surface area contributed by atoms with E-state index in [1.54, 1.807) is 0 Å². The number of hydrogen-bond acceptors (Lipinski definition) is 0. The van der Waals surface area contributed by atoms with Gasteiger partial charge in [-0.3, -0.25) is 0 Å². The molecule has 0 N–H and O–H groups in total. The minimum atomic E-state index is -6.00. The van der Waals surface area contributed by atoms with Gasteiger partial charge in [0.1, 0.15) is 0 Å². The van der Waals surface area contributed by atoms with E-state index in [0.717, 1.165) is 22.6 Å². The predicted octanol–water partition coefficient (Wildman–Crippen LogP) is 8.98. The summed E-state index contributed by atoms with van der Waals surface area (Å²) >= 11 is 0. The Kier molecular flexibility index (Phi) is 15.1. The summed E-state index contributed by atoms with van der Waals surface area (Å²) in [5.74, 6) is 0. The Morgan fingerprint density at radius 2 is 0.750 bits per heavy atom. The van der Waals surface area contributed by atoms with Crippen molar-refractivity contribution in [2.45, 2.75) is 102 Å². The van der Waals surface area contributed by atoms with Crippen molar-refractivity contribution in [2.24, 2.45) is 0 Å². The van der Waals surface area contributed by atoms with E-state index in [9.17, 15) is 17.3 Å². The Balaban J connectivity index is 0.000000444. The van der Waals surface area contributed by atoms with Crippen LogP contribution in [0.1, 0.15) is 79.1 Å². The molecule has 0 bridgehead atoms. The molecule has 1 radical (unpaired) electrons. The molecule has 0 aromatic heterocycles. The zero-order valence-corrected chi connectivity index (χ0v) is 21.0.